The molecule has 3 amide bonds. The highest BCUT2D eigenvalue weighted by molar-refractivity contribution is 7.16. The first-order valence-corrected chi connectivity index (χ1v) is 11.4. The smallest absolute Gasteiger partial charge is 0.317 e. The van der Waals surface area contributed by atoms with Crippen LogP contribution in [0.25, 0.3) is 10.6 Å². The van der Waals surface area contributed by atoms with Gasteiger partial charge in [0.1, 0.15) is 9.88 Å². The Bertz CT molecular complexity index is 824. The van der Waals surface area contributed by atoms with E-state index in [1.807, 2.05) is 35.2 Å². The van der Waals surface area contributed by atoms with Gasteiger partial charge in [0.15, 0.2) is 0 Å². The Morgan fingerprint density at radius 1 is 0.931 bits per heavy atom. The number of aromatic nitrogens is 1. The number of nitrogens with zero attached hydrogens (tertiary/aromatic N) is 2. The van der Waals surface area contributed by atoms with E-state index < -0.39 is 0 Å². The summed E-state index contributed by atoms with van der Waals surface area (Å²) in [6.07, 6.45) is 9.11. The summed E-state index contributed by atoms with van der Waals surface area (Å²) in [5.41, 5.74) is 1.02. The van der Waals surface area contributed by atoms with Crippen molar-refractivity contribution >= 4 is 23.3 Å². The summed E-state index contributed by atoms with van der Waals surface area (Å²) < 4.78 is 0. The van der Waals surface area contributed by atoms with Gasteiger partial charge >= 0.3 is 6.03 Å². The van der Waals surface area contributed by atoms with Crippen LogP contribution in [0.5, 0.6) is 0 Å². The molecule has 1 saturated carbocycles. The number of nitrogens with one attached hydrogen (secondary N) is 2. The van der Waals surface area contributed by atoms with Crippen molar-refractivity contribution < 1.29 is 9.59 Å². The number of urea groups is 1. The first kappa shape index (κ1) is 19.9. The van der Waals surface area contributed by atoms with Gasteiger partial charge < -0.3 is 15.5 Å². The average molecular weight is 413 g/mol. The standard InChI is InChI=1S/C22H28N4O2S/c27-20(19-15-23-21(29-19)16-7-3-1-4-8-16)24-18-11-13-26(14-12-18)22(28)25-17-9-5-2-6-10-17/h1,3-4,7-8,15,17-18H,2,5-6,9-14H2,(H,24,27)(H,25,28). The molecular weight excluding hydrogens is 384 g/mol. The van der Waals surface area contributed by atoms with E-state index in [1.54, 1.807) is 6.20 Å². The normalized spacial score (nSPS) is 18.4. The van der Waals surface area contributed by atoms with E-state index in [1.165, 1.54) is 30.6 Å². The molecule has 154 valence electrons. The zero-order valence-corrected chi connectivity index (χ0v) is 17.4. The summed E-state index contributed by atoms with van der Waals surface area (Å²) in [6.45, 7) is 1.36. The molecule has 1 saturated heterocycles. The molecule has 2 heterocycles. The number of carbonyl (C=O) groups is 2. The van der Waals surface area contributed by atoms with Crippen molar-refractivity contribution in [2.45, 2.75) is 57.0 Å². The van der Waals surface area contributed by atoms with Crippen molar-refractivity contribution in [1.29, 1.82) is 0 Å². The second kappa shape index (κ2) is 9.39. The first-order chi connectivity index (χ1) is 14.2. The number of hydrogen-bond acceptors (Lipinski definition) is 4. The van der Waals surface area contributed by atoms with E-state index in [9.17, 15) is 9.59 Å². The molecule has 0 bridgehead atoms. The molecule has 0 unspecified atom stereocenters. The maximum Gasteiger partial charge on any atom is 0.317 e. The van der Waals surface area contributed by atoms with Gasteiger partial charge in [-0.05, 0) is 25.7 Å². The molecule has 1 aliphatic heterocycles. The minimum atomic E-state index is -0.0743. The van der Waals surface area contributed by atoms with Crippen LogP contribution >= 0.6 is 11.3 Å². The number of rotatable bonds is 4. The van der Waals surface area contributed by atoms with E-state index in [2.05, 4.69) is 15.6 Å². The Morgan fingerprint density at radius 2 is 1.62 bits per heavy atom. The molecule has 29 heavy (non-hydrogen) atoms. The quantitative estimate of drug-likeness (QED) is 0.796. The summed E-state index contributed by atoms with van der Waals surface area (Å²) in [5, 5.41) is 7.15. The van der Waals surface area contributed by atoms with Crippen LogP contribution in [0.4, 0.5) is 4.79 Å². The molecule has 1 aliphatic carbocycles. The lowest BCUT2D eigenvalue weighted by Crippen LogP contribution is -2.51. The third-order valence-corrected chi connectivity index (χ3v) is 6.85. The van der Waals surface area contributed by atoms with Gasteiger partial charge in [-0.2, -0.15) is 0 Å². The largest absolute Gasteiger partial charge is 0.348 e. The lowest BCUT2D eigenvalue weighted by atomic mass is 9.95. The van der Waals surface area contributed by atoms with Gasteiger partial charge in [-0.1, -0.05) is 49.6 Å². The number of likely N-dealkylation sites (tertiary alicyclic amines) is 1. The molecular formula is C22H28N4O2S. The highest BCUT2D eigenvalue weighted by Gasteiger charge is 2.26. The van der Waals surface area contributed by atoms with E-state index in [-0.39, 0.29) is 18.0 Å². The highest BCUT2D eigenvalue weighted by Crippen LogP contribution is 2.25. The minimum Gasteiger partial charge on any atom is -0.348 e. The number of hydrogen-bond donors (Lipinski definition) is 2. The topological polar surface area (TPSA) is 74.3 Å². The lowest BCUT2D eigenvalue weighted by molar-refractivity contribution is 0.0921. The number of carbonyl (C=O) groups excluding carboxylic acids is 2. The van der Waals surface area contributed by atoms with Gasteiger partial charge in [0.05, 0.1) is 6.20 Å². The molecule has 4 rings (SSSR count). The fraction of sp³-hybridized carbons (Fsp3) is 0.500. The zero-order chi connectivity index (χ0) is 20.1. The Balaban J connectivity index is 1.25. The van der Waals surface area contributed by atoms with Crippen LogP contribution in [-0.2, 0) is 0 Å². The van der Waals surface area contributed by atoms with Crippen LogP contribution in [0.15, 0.2) is 36.5 Å². The highest BCUT2D eigenvalue weighted by atomic mass is 32.1. The molecule has 7 heteroatoms. The minimum absolute atomic E-state index is 0.0524. The SMILES string of the molecule is O=C(NC1CCN(C(=O)NC2CCCCC2)CC1)c1cnc(-c2ccccc2)s1. The van der Waals surface area contributed by atoms with E-state index in [0.29, 0.717) is 24.0 Å². The van der Waals surface area contributed by atoms with Gasteiger partial charge in [0.25, 0.3) is 5.91 Å². The van der Waals surface area contributed by atoms with Gasteiger partial charge in [-0.3, -0.25) is 4.79 Å². The maximum atomic E-state index is 12.6. The Morgan fingerprint density at radius 3 is 2.34 bits per heavy atom. The third-order valence-electron chi connectivity index (χ3n) is 5.80. The molecule has 1 aromatic carbocycles. The molecule has 1 aromatic heterocycles. The second-order valence-corrected chi connectivity index (χ2v) is 8.95. The number of piperidine rings is 1. The summed E-state index contributed by atoms with van der Waals surface area (Å²) in [5.74, 6) is -0.0743. The lowest BCUT2D eigenvalue weighted by Gasteiger charge is -2.34. The second-order valence-electron chi connectivity index (χ2n) is 7.91. The Hall–Kier alpha value is -2.41. The fourth-order valence-corrected chi connectivity index (χ4v) is 4.91. The van der Waals surface area contributed by atoms with Crippen LogP contribution < -0.4 is 10.6 Å². The van der Waals surface area contributed by atoms with Crippen molar-refractivity contribution in [2.75, 3.05) is 13.1 Å². The Labute approximate surface area is 175 Å². The molecule has 2 fully saturated rings. The monoisotopic (exact) mass is 412 g/mol. The molecule has 2 N–H and O–H groups in total. The van der Waals surface area contributed by atoms with Crippen molar-refractivity contribution in [3.05, 3.63) is 41.4 Å². The number of amides is 3. The molecule has 6 nitrogen and oxygen atoms in total. The van der Waals surface area contributed by atoms with Crippen molar-refractivity contribution in [3.63, 3.8) is 0 Å². The predicted molar refractivity (Wildman–Crippen MR) is 115 cm³/mol. The Kier molecular flexibility index (Phi) is 6.44. The average Bonchev–Trinajstić information content (AvgIpc) is 3.26. The van der Waals surface area contributed by atoms with Crippen LogP contribution in [-0.4, -0.2) is 47.0 Å². The van der Waals surface area contributed by atoms with Crippen LogP contribution in [0.2, 0.25) is 0 Å². The zero-order valence-electron chi connectivity index (χ0n) is 16.6. The van der Waals surface area contributed by atoms with Crippen LogP contribution in [0.1, 0.15) is 54.6 Å². The summed E-state index contributed by atoms with van der Waals surface area (Å²) in [7, 11) is 0. The first-order valence-electron chi connectivity index (χ1n) is 10.6. The number of thiazole rings is 1. The molecule has 0 radical (unpaired) electrons. The fourth-order valence-electron chi connectivity index (χ4n) is 4.09. The van der Waals surface area contributed by atoms with Gasteiger partial charge in [0.2, 0.25) is 0 Å². The van der Waals surface area contributed by atoms with E-state index in [0.717, 1.165) is 36.3 Å². The van der Waals surface area contributed by atoms with Gasteiger partial charge in [-0.25, -0.2) is 9.78 Å². The van der Waals surface area contributed by atoms with Gasteiger partial charge in [0, 0.05) is 30.7 Å². The van der Waals surface area contributed by atoms with E-state index in [4.69, 9.17) is 0 Å². The van der Waals surface area contributed by atoms with Gasteiger partial charge in [-0.15, -0.1) is 11.3 Å². The molecule has 2 aromatic rings. The third kappa shape index (κ3) is 5.15. The molecule has 0 atom stereocenters. The van der Waals surface area contributed by atoms with Crippen molar-refractivity contribution in [1.82, 2.24) is 20.5 Å². The summed E-state index contributed by atoms with van der Waals surface area (Å²) in [6, 6.07) is 10.4. The van der Waals surface area contributed by atoms with Crippen molar-refractivity contribution in [3.8, 4) is 10.6 Å². The van der Waals surface area contributed by atoms with Crippen molar-refractivity contribution in [2.24, 2.45) is 0 Å². The molecule has 2 aliphatic rings. The van der Waals surface area contributed by atoms with E-state index >= 15 is 0 Å². The number of benzene rings is 1. The summed E-state index contributed by atoms with van der Waals surface area (Å²) in [4.78, 5) is 32.0. The summed E-state index contributed by atoms with van der Waals surface area (Å²) >= 11 is 1.41. The molecule has 0 spiro atoms. The van der Waals surface area contributed by atoms with Crippen LogP contribution in [0, 0.1) is 0 Å². The van der Waals surface area contributed by atoms with Crippen LogP contribution in [0.3, 0.4) is 0 Å². The predicted octanol–water partition coefficient (Wildman–Crippen LogP) is 4.05. The maximum absolute atomic E-state index is 12.6.